The number of benzene rings is 1. The SMILES string of the molecule is CN1CCCc2c(F)ccc(Br)c21. The van der Waals surface area contributed by atoms with Crippen LogP contribution in [0.25, 0.3) is 0 Å². The summed E-state index contributed by atoms with van der Waals surface area (Å²) in [5.41, 5.74) is 1.87. The lowest BCUT2D eigenvalue weighted by Crippen LogP contribution is -2.25. The first-order valence-corrected chi connectivity index (χ1v) is 5.17. The van der Waals surface area contributed by atoms with Crippen LogP contribution in [0.1, 0.15) is 12.0 Å². The number of halogens is 2. The van der Waals surface area contributed by atoms with Crippen molar-refractivity contribution < 1.29 is 4.39 Å². The topological polar surface area (TPSA) is 3.24 Å². The minimum atomic E-state index is -0.0789. The van der Waals surface area contributed by atoms with Gasteiger partial charge in [0.05, 0.1) is 5.69 Å². The fourth-order valence-corrected chi connectivity index (χ4v) is 2.51. The van der Waals surface area contributed by atoms with Crippen LogP contribution in [0.2, 0.25) is 0 Å². The summed E-state index contributed by atoms with van der Waals surface area (Å²) in [6.45, 7) is 1.01. The zero-order valence-electron chi connectivity index (χ0n) is 7.48. The van der Waals surface area contributed by atoms with Gasteiger partial charge in [-0.1, -0.05) is 0 Å². The van der Waals surface area contributed by atoms with Crippen molar-refractivity contribution in [3.8, 4) is 0 Å². The van der Waals surface area contributed by atoms with Gasteiger partial charge in [-0.15, -0.1) is 0 Å². The molecule has 1 nitrogen and oxygen atoms in total. The van der Waals surface area contributed by atoms with Gasteiger partial charge in [0.1, 0.15) is 5.82 Å². The van der Waals surface area contributed by atoms with E-state index >= 15 is 0 Å². The van der Waals surface area contributed by atoms with Crippen molar-refractivity contribution in [3.63, 3.8) is 0 Å². The van der Waals surface area contributed by atoms with Gasteiger partial charge >= 0.3 is 0 Å². The number of nitrogens with zero attached hydrogens (tertiary/aromatic N) is 1. The van der Waals surface area contributed by atoms with Gasteiger partial charge in [-0.25, -0.2) is 4.39 Å². The molecule has 1 aromatic rings. The first-order chi connectivity index (χ1) is 6.20. The van der Waals surface area contributed by atoms with E-state index < -0.39 is 0 Å². The Kier molecular flexibility index (Phi) is 2.28. The molecule has 1 aliphatic rings. The van der Waals surface area contributed by atoms with E-state index in [2.05, 4.69) is 20.8 Å². The van der Waals surface area contributed by atoms with Crippen LogP contribution in [0.15, 0.2) is 16.6 Å². The van der Waals surface area contributed by atoms with Gasteiger partial charge in [0.25, 0.3) is 0 Å². The summed E-state index contributed by atoms with van der Waals surface area (Å²) in [5, 5.41) is 0. The number of hydrogen-bond acceptors (Lipinski definition) is 1. The maximum atomic E-state index is 13.4. The molecule has 0 saturated carbocycles. The van der Waals surface area contributed by atoms with Gasteiger partial charge < -0.3 is 4.90 Å². The summed E-state index contributed by atoms with van der Waals surface area (Å²) in [6, 6.07) is 3.30. The van der Waals surface area contributed by atoms with Crippen LogP contribution in [-0.4, -0.2) is 13.6 Å². The van der Waals surface area contributed by atoms with Crippen LogP contribution in [0.3, 0.4) is 0 Å². The Morgan fingerprint density at radius 1 is 1.46 bits per heavy atom. The molecule has 0 fully saturated rings. The van der Waals surface area contributed by atoms with E-state index in [1.165, 1.54) is 6.07 Å². The summed E-state index contributed by atoms with van der Waals surface area (Å²) in [5.74, 6) is -0.0789. The fraction of sp³-hybridized carbons (Fsp3) is 0.400. The van der Waals surface area contributed by atoms with Crippen molar-refractivity contribution in [1.29, 1.82) is 0 Å². The molecule has 3 heteroatoms. The molecular weight excluding hydrogens is 233 g/mol. The molecule has 0 N–H and O–H groups in total. The Balaban J connectivity index is 2.60. The van der Waals surface area contributed by atoms with Crippen molar-refractivity contribution >= 4 is 21.6 Å². The molecule has 0 unspecified atom stereocenters. The van der Waals surface area contributed by atoms with E-state index in [-0.39, 0.29) is 5.82 Å². The standard InChI is InChI=1S/C10H11BrFN/c1-13-6-2-3-7-9(12)5-4-8(11)10(7)13/h4-5H,2-3,6H2,1H3. The predicted molar refractivity (Wildman–Crippen MR) is 55.7 cm³/mol. The van der Waals surface area contributed by atoms with Crippen molar-refractivity contribution in [2.24, 2.45) is 0 Å². The number of hydrogen-bond donors (Lipinski definition) is 0. The number of anilines is 1. The Morgan fingerprint density at radius 2 is 2.23 bits per heavy atom. The fourth-order valence-electron chi connectivity index (χ4n) is 1.84. The van der Waals surface area contributed by atoms with E-state index in [9.17, 15) is 4.39 Å². The third-order valence-corrected chi connectivity index (χ3v) is 3.12. The highest BCUT2D eigenvalue weighted by atomic mass is 79.9. The van der Waals surface area contributed by atoms with E-state index in [0.717, 1.165) is 35.1 Å². The highest BCUT2D eigenvalue weighted by Gasteiger charge is 2.19. The molecule has 0 atom stereocenters. The third-order valence-electron chi connectivity index (χ3n) is 2.48. The molecule has 0 aliphatic carbocycles. The highest BCUT2D eigenvalue weighted by molar-refractivity contribution is 9.10. The van der Waals surface area contributed by atoms with Crippen molar-refractivity contribution in [2.45, 2.75) is 12.8 Å². The molecule has 0 aromatic heterocycles. The molecule has 1 heterocycles. The van der Waals surface area contributed by atoms with Crippen molar-refractivity contribution in [2.75, 3.05) is 18.5 Å². The number of rotatable bonds is 0. The summed E-state index contributed by atoms with van der Waals surface area (Å²) >= 11 is 3.45. The average molecular weight is 244 g/mol. The van der Waals surface area contributed by atoms with Crippen LogP contribution in [-0.2, 0) is 6.42 Å². The molecule has 0 saturated heterocycles. The molecule has 13 heavy (non-hydrogen) atoms. The Labute approximate surface area is 85.7 Å². The minimum Gasteiger partial charge on any atom is -0.373 e. The van der Waals surface area contributed by atoms with Gasteiger partial charge in [-0.3, -0.25) is 0 Å². The molecule has 1 aromatic carbocycles. The van der Waals surface area contributed by atoms with E-state index in [1.807, 2.05) is 7.05 Å². The lowest BCUT2D eigenvalue weighted by molar-refractivity contribution is 0.593. The normalized spacial score (nSPS) is 15.8. The molecule has 0 radical (unpaired) electrons. The second-order valence-electron chi connectivity index (χ2n) is 3.38. The zero-order chi connectivity index (χ0) is 9.42. The van der Waals surface area contributed by atoms with E-state index in [4.69, 9.17) is 0 Å². The Hall–Kier alpha value is -0.570. The van der Waals surface area contributed by atoms with Gasteiger partial charge in [0, 0.05) is 23.6 Å². The molecule has 0 spiro atoms. The average Bonchev–Trinajstić information content (AvgIpc) is 2.12. The summed E-state index contributed by atoms with van der Waals surface area (Å²) in [7, 11) is 2.00. The lowest BCUT2D eigenvalue weighted by atomic mass is 10.0. The first kappa shape index (κ1) is 9.00. The molecular formula is C10H11BrFN. The van der Waals surface area contributed by atoms with E-state index in [1.54, 1.807) is 6.07 Å². The third kappa shape index (κ3) is 1.46. The van der Waals surface area contributed by atoms with Gasteiger partial charge in [-0.05, 0) is 40.9 Å². The van der Waals surface area contributed by atoms with Crippen LogP contribution in [0.4, 0.5) is 10.1 Å². The second kappa shape index (κ2) is 3.29. The van der Waals surface area contributed by atoms with Gasteiger partial charge in [0.15, 0.2) is 0 Å². The van der Waals surface area contributed by atoms with Crippen LogP contribution in [0, 0.1) is 5.82 Å². The van der Waals surface area contributed by atoms with Gasteiger partial charge in [0.2, 0.25) is 0 Å². The maximum Gasteiger partial charge on any atom is 0.128 e. The molecule has 0 bridgehead atoms. The second-order valence-corrected chi connectivity index (χ2v) is 4.24. The van der Waals surface area contributed by atoms with Crippen molar-refractivity contribution in [1.82, 2.24) is 0 Å². The quantitative estimate of drug-likeness (QED) is 0.678. The van der Waals surface area contributed by atoms with Gasteiger partial charge in [-0.2, -0.15) is 0 Å². The first-order valence-electron chi connectivity index (χ1n) is 4.38. The van der Waals surface area contributed by atoms with E-state index in [0.29, 0.717) is 0 Å². The van der Waals surface area contributed by atoms with Crippen LogP contribution < -0.4 is 4.90 Å². The van der Waals surface area contributed by atoms with Crippen molar-refractivity contribution in [3.05, 3.63) is 28.0 Å². The molecule has 2 rings (SSSR count). The maximum absolute atomic E-state index is 13.4. The van der Waals surface area contributed by atoms with Crippen LogP contribution in [0.5, 0.6) is 0 Å². The molecule has 70 valence electrons. The highest BCUT2D eigenvalue weighted by Crippen LogP contribution is 2.34. The monoisotopic (exact) mass is 243 g/mol. The number of fused-ring (bicyclic) bond motifs is 1. The van der Waals surface area contributed by atoms with Crippen LogP contribution >= 0.6 is 15.9 Å². The summed E-state index contributed by atoms with van der Waals surface area (Å²) in [6.07, 6.45) is 1.89. The lowest BCUT2D eigenvalue weighted by Gasteiger charge is -2.28. The zero-order valence-corrected chi connectivity index (χ0v) is 9.07. The Morgan fingerprint density at radius 3 is 2.92 bits per heavy atom. The smallest absolute Gasteiger partial charge is 0.128 e. The largest absolute Gasteiger partial charge is 0.373 e. The summed E-state index contributed by atoms with van der Waals surface area (Å²) < 4.78 is 14.4. The minimum absolute atomic E-state index is 0.0789. The molecule has 0 amide bonds. The predicted octanol–water partition coefficient (Wildman–Crippen LogP) is 2.97. The Bertz CT molecular complexity index is 338. The summed E-state index contributed by atoms with van der Waals surface area (Å²) in [4.78, 5) is 2.10. The molecule has 1 aliphatic heterocycles.